The highest BCUT2D eigenvalue weighted by Crippen LogP contribution is 2.21. The van der Waals surface area contributed by atoms with Crippen LogP contribution in [0.1, 0.15) is 21.6 Å². The van der Waals surface area contributed by atoms with Crippen LogP contribution in [0, 0.1) is 6.92 Å². The summed E-state index contributed by atoms with van der Waals surface area (Å²) in [4.78, 5) is 33.5. The third-order valence-electron chi connectivity index (χ3n) is 4.28. The van der Waals surface area contributed by atoms with E-state index in [0.717, 1.165) is 23.2 Å². The first-order valence-electron chi connectivity index (χ1n) is 7.54. The van der Waals surface area contributed by atoms with Gasteiger partial charge in [0.25, 0.3) is 5.91 Å². The molecule has 0 unspecified atom stereocenters. The van der Waals surface area contributed by atoms with Gasteiger partial charge in [0.1, 0.15) is 0 Å². The normalized spacial score (nSPS) is 14.0. The Morgan fingerprint density at radius 2 is 2.13 bits per heavy atom. The zero-order chi connectivity index (χ0) is 16.0. The van der Waals surface area contributed by atoms with Crippen molar-refractivity contribution in [3.8, 4) is 0 Å². The molecule has 0 saturated heterocycles. The number of amides is 1. The number of hydrogen-bond donors (Lipinski definition) is 1. The number of rotatable bonds is 1. The van der Waals surface area contributed by atoms with Crippen molar-refractivity contribution < 1.29 is 4.79 Å². The quantitative estimate of drug-likeness (QED) is 0.743. The second kappa shape index (κ2) is 5.08. The van der Waals surface area contributed by atoms with Crippen LogP contribution >= 0.6 is 0 Å². The molecule has 1 aliphatic rings. The predicted molar refractivity (Wildman–Crippen MR) is 86.3 cm³/mol. The standard InChI is InChI=1S/C17H16N4O2/c1-11-2-3-15-13(6-11)14(7-16(22)19-15)17(23)20-4-5-21-10-18-8-12(21)9-20/h2-3,6-8,10H,4-5,9H2,1H3,(H,19,22). The van der Waals surface area contributed by atoms with Crippen molar-refractivity contribution in [1.82, 2.24) is 19.4 Å². The fourth-order valence-corrected chi connectivity index (χ4v) is 3.07. The molecule has 0 bridgehead atoms. The number of carbonyl (C=O) groups is 1. The number of pyridine rings is 1. The smallest absolute Gasteiger partial charge is 0.255 e. The van der Waals surface area contributed by atoms with Gasteiger partial charge in [0, 0.05) is 36.3 Å². The number of H-pyrrole nitrogens is 1. The van der Waals surface area contributed by atoms with E-state index >= 15 is 0 Å². The summed E-state index contributed by atoms with van der Waals surface area (Å²) >= 11 is 0. The molecular weight excluding hydrogens is 292 g/mol. The number of carbonyl (C=O) groups excluding carboxylic acids is 1. The summed E-state index contributed by atoms with van der Waals surface area (Å²) in [6.45, 7) is 3.82. The Morgan fingerprint density at radius 1 is 1.26 bits per heavy atom. The third-order valence-corrected chi connectivity index (χ3v) is 4.28. The van der Waals surface area contributed by atoms with Crippen molar-refractivity contribution in [3.05, 3.63) is 64.0 Å². The van der Waals surface area contributed by atoms with Gasteiger partial charge in [-0.3, -0.25) is 9.59 Å². The third kappa shape index (κ3) is 2.32. The van der Waals surface area contributed by atoms with Gasteiger partial charge in [0.05, 0.1) is 24.1 Å². The van der Waals surface area contributed by atoms with E-state index in [1.807, 2.05) is 29.7 Å². The molecule has 2 aromatic heterocycles. The minimum atomic E-state index is -0.258. The lowest BCUT2D eigenvalue weighted by Crippen LogP contribution is -2.38. The number of aromatic amines is 1. The van der Waals surface area contributed by atoms with Gasteiger partial charge in [-0.2, -0.15) is 0 Å². The molecule has 1 amide bonds. The number of aromatic nitrogens is 3. The highest BCUT2D eigenvalue weighted by Gasteiger charge is 2.23. The Bertz CT molecular complexity index is 970. The summed E-state index contributed by atoms with van der Waals surface area (Å²) in [7, 11) is 0. The summed E-state index contributed by atoms with van der Waals surface area (Å²) in [6.07, 6.45) is 3.56. The number of hydrogen-bond acceptors (Lipinski definition) is 3. The van der Waals surface area contributed by atoms with Crippen molar-refractivity contribution in [2.24, 2.45) is 0 Å². The van der Waals surface area contributed by atoms with Gasteiger partial charge in [-0.15, -0.1) is 0 Å². The van der Waals surface area contributed by atoms with E-state index in [2.05, 4.69) is 9.97 Å². The van der Waals surface area contributed by atoms with Crippen molar-refractivity contribution in [2.45, 2.75) is 20.0 Å². The number of aryl methyl sites for hydroxylation is 1. The molecule has 0 aliphatic carbocycles. The first-order valence-corrected chi connectivity index (χ1v) is 7.54. The Balaban J connectivity index is 1.78. The maximum atomic E-state index is 13.0. The molecule has 6 heteroatoms. The summed E-state index contributed by atoms with van der Waals surface area (Å²) in [5.41, 5.74) is 2.95. The highest BCUT2D eigenvalue weighted by atomic mass is 16.2. The molecule has 23 heavy (non-hydrogen) atoms. The van der Waals surface area contributed by atoms with E-state index < -0.39 is 0 Å². The number of benzene rings is 1. The summed E-state index contributed by atoms with van der Waals surface area (Å²) in [6, 6.07) is 7.10. The maximum absolute atomic E-state index is 13.0. The molecule has 1 aromatic carbocycles. The van der Waals surface area contributed by atoms with Crippen LogP contribution in [0.2, 0.25) is 0 Å². The van der Waals surface area contributed by atoms with Crippen molar-refractivity contribution in [2.75, 3.05) is 6.54 Å². The average Bonchev–Trinajstić information content (AvgIpc) is 3.01. The fourth-order valence-electron chi connectivity index (χ4n) is 3.07. The van der Waals surface area contributed by atoms with Gasteiger partial charge in [0.15, 0.2) is 0 Å². The van der Waals surface area contributed by atoms with Crippen LogP contribution in [0.3, 0.4) is 0 Å². The molecule has 116 valence electrons. The lowest BCUT2D eigenvalue weighted by Gasteiger charge is -2.28. The van der Waals surface area contributed by atoms with Crippen LogP contribution in [0.25, 0.3) is 10.9 Å². The topological polar surface area (TPSA) is 71.0 Å². The Morgan fingerprint density at radius 3 is 3.00 bits per heavy atom. The summed E-state index contributed by atoms with van der Waals surface area (Å²) < 4.78 is 2.05. The molecule has 1 N–H and O–H groups in total. The predicted octanol–water partition coefficient (Wildman–Crippen LogP) is 1.69. The lowest BCUT2D eigenvalue weighted by molar-refractivity contribution is 0.0713. The molecule has 0 saturated carbocycles. The Hall–Kier alpha value is -2.89. The largest absolute Gasteiger partial charge is 0.331 e. The highest BCUT2D eigenvalue weighted by molar-refractivity contribution is 6.06. The number of nitrogens with zero attached hydrogens (tertiary/aromatic N) is 3. The van der Waals surface area contributed by atoms with Gasteiger partial charge in [-0.1, -0.05) is 11.6 Å². The number of imidazole rings is 1. The molecule has 6 nitrogen and oxygen atoms in total. The SMILES string of the molecule is Cc1ccc2[nH]c(=O)cc(C(=O)N3CCn4cncc4C3)c2c1. The maximum Gasteiger partial charge on any atom is 0.255 e. The molecule has 1 aliphatic heterocycles. The van der Waals surface area contributed by atoms with Gasteiger partial charge in [-0.25, -0.2) is 4.98 Å². The first-order chi connectivity index (χ1) is 11.1. The minimum Gasteiger partial charge on any atom is -0.331 e. The van der Waals surface area contributed by atoms with Crippen LogP contribution in [0.5, 0.6) is 0 Å². The van der Waals surface area contributed by atoms with Gasteiger partial charge in [-0.05, 0) is 19.1 Å². The molecule has 4 rings (SSSR count). The van der Waals surface area contributed by atoms with E-state index in [1.54, 1.807) is 17.4 Å². The van der Waals surface area contributed by atoms with Gasteiger partial charge in [0.2, 0.25) is 5.56 Å². The van der Waals surface area contributed by atoms with Gasteiger partial charge < -0.3 is 14.5 Å². The zero-order valence-electron chi connectivity index (χ0n) is 12.7. The van der Waals surface area contributed by atoms with Crippen LogP contribution in [-0.2, 0) is 13.1 Å². The van der Waals surface area contributed by atoms with E-state index in [-0.39, 0.29) is 11.5 Å². The van der Waals surface area contributed by atoms with E-state index in [9.17, 15) is 9.59 Å². The molecule has 3 heterocycles. The van der Waals surface area contributed by atoms with Crippen molar-refractivity contribution in [3.63, 3.8) is 0 Å². The van der Waals surface area contributed by atoms with E-state index in [0.29, 0.717) is 24.2 Å². The summed E-state index contributed by atoms with van der Waals surface area (Å²) in [5, 5.41) is 0.786. The Kier molecular flexibility index (Phi) is 3.04. The van der Waals surface area contributed by atoms with Crippen molar-refractivity contribution >= 4 is 16.8 Å². The Labute approximate surface area is 132 Å². The second-order valence-electron chi connectivity index (χ2n) is 5.90. The average molecular weight is 308 g/mol. The first kappa shape index (κ1) is 13.8. The van der Waals surface area contributed by atoms with E-state index in [4.69, 9.17) is 0 Å². The van der Waals surface area contributed by atoms with Crippen LogP contribution in [0.15, 0.2) is 41.6 Å². The van der Waals surface area contributed by atoms with Crippen molar-refractivity contribution in [1.29, 1.82) is 0 Å². The molecule has 0 spiro atoms. The minimum absolute atomic E-state index is 0.112. The van der Waals surface area contributed by atoms with E-state index in [1.165, 1.54) is 6.07 Å². The van der Waals surface area contributed by atoms with Crippen LogP contribution < -0.4 is 5.56 Å². The zero-order valence-corrected chi connectivity index (χ0v) is 12.7. The van der Waals surface area contributed by atoms with Crippen LogP contribution in [-0.4, -0.2) is 31.9 Å². The molecule has 3 aromatic rings. The lowest BCUT2D eigenvalue weighted by atomic mass is 10.1. The fraction of sp³-hybridized carbons (Fsp3) is 0.235. The number of fused-ring (bicyclic) bond motifs is 2. The molecule has 0 fully saturated rings. The molecule has 0 radical (unpaired) electrons. The molecular formula is C17H16N4O2. The van der Waals surface area contributed by atoms with Gasteiger partial charge >= 0.3 is 0 Å². The second-order valence-corrected chi connectivity index (χ2v) is 5.90. The number of nitrogens with one attached hydrogen (secondary N) is 1. The monoisotopic (exact) mass is 308 g/mol. The molecule has 0 atom stereocenters. The summed E-state index contributed by atoms with van der Waals surface area (Å²) in [5.74, 6) is -0.112. The van der Waals surface area contributed by atoms with Crippen LogP contribution in [0.4, 0.5) is 0 Å².